The van der Waals surface area contributed by atoms with Crippen LogP contribution < -0.4 is 11.5 Å². The quantitative estimate of drug-likeness (QED) is 0.540. The molecule has 1 unspecified atom stereocenters. The van der Waals surface area contributed by atoms with Crippen molar-refractivity contribution < 1.29 is 18.8 Å². The summed E-state index contributed by atoms with van der Waals surface area (Å²) in [5.41, 5.74) is 10.2. The predicted molar refractivity (Wildman–Crippen MR) is 60.4 cm³/mol. The molecule has 6 heteroatoms. The minimum atomic E-state index is -2.52. The molecule has 0 bridgehead atoms. The fourth-order valence-electron chi connectivity index (χ4n) is 1.01. The van der Waals surface area contributed by atoms with Crippen molar-refractivity contribution in [2.75, 3.05) is 5.73 Å². The molecule has 0 aliphatic heterocycles. The van der Waals surface area contributed by atoms with Crippen molar-refractivity contribution in [2.45, 2.75) is 12.4 Å². The fourth-order valence-corrected chi connectivity index (χ4v) is 1.17. The van der Waals surface area contributed by atoms with E-state index in [4.69, 9.17) is 32.3 Å². The van der Waals surface area contributed by atoms with E-state index in [1.54, 1.807) is 0 Å². The van der Waals surface area contributed by atoms with Gasteiger partial charge in [0.2, 0.25) is 0 Å². The van der Waals surface area contributed by atoms with Gasteiger partial charge in [0.1, 0.15) is 6.02 Å². The summed E-state index contributed by atoms with van der Waals surface area (Å²) in [6, 6.07) is -2.31. The molecule has 0 radical (unpaired) electrons. The maximum atomic E-state index is 11.9. The van der Waals surface area contributed by atoms with Gasteiger partial charge < -0.3 is 16.6 Å². The summed E-state index contributed by atoms with van der Waals surface area (Å²) in [6.07, 6.45) is -0.862. The summed E-state index contributed by atoms with van der Waals surface area (Å²) in [5, 5.41) is 8.58. The minimum absolute atomic E-state index is 0.0952. The Hall–Kier alpha value is -1.59. The number of benzene rings is 1. The lowest BCUT2D eigenvalue weighted by molar-refractivity contribution is -0.138. The van der Waals surface area contributed by atoms with E-state index in [0.717, 1.165) is 6.07 Å². The Labute approximate surface area is 101 Å². The molecular formula is C10H11ClN2O3. The van der Waals surface area contributed by atoms with Crippen LogP contribution in [-0.4, -0.2) is 22.9 Å². The Morgan fingerprint density at radius 1 is 1.62 bits per heavy atom. The van der Waals surface area contributed by atoms with Crippen molar-refractivity contribution in [3.63, 3.8) is 0 Å². The van der Waals surface area contributed by atoms with Crippen LogP contribution in [0.4, 0.5) is 5.69 Å². The standard InChI is InChI=1S/C10H11ClN2O3/c11-5-1-2-6(7(12)3-5)9(14)4-8(13)10(15)16/h1-3,8H,4,12-13H2,(H,15,16)/i1D,2D,8D. The lowest BCUT2D eigenvalue weighted by Crippen LogP contribution is -2.32. The number of nitrogen functional groups attached to an aromatic ring is 1. The number of carboxylic acids is 1. The third-order valence-corrected chi connectivity index (χ3v) is 1.99. The molecule has 86 valence electrons. The first-order chi connectivity index (χ1) is 8.58. The highest BCUT2D eigenvalue weighted by molar-refractivity contribution is 6.31. The summed E-state index contributed by atoms with van der Waals surface area (Å²) in [5.74, 6) is -2.57. The van der Waals surface area contributed by atoms with Crippen LogP contribution in [0.2, 0.25) is 5.02 Å². The molecule has 16 heavy (non-hydrogen) atoms. The van der Waals surface area contributed by atoms with Gasteiger partial charge in [-0.3, -0.25) is 9.59 Å². The van der Waals surface area contributed by atoms with E-state index in [9.17, 15) is 9.59 Å². The summed E-state index contributed by atoms with van der Waals surface area (Å²) in [4.78, 5) is 22.6. The molecule has 1 rings (SSSR count). The monoisotopic (exact) mass is 245 g/mol. The Bertz CT molecular complexity index is 563. The van der Waals surface area contributed by atoms with E-state index in [1.807, 2.05) is 0 Å². The minimum Gasteiger partial charge on any atom is -0.480 e. The number of carboxylic acid groups (broad SMARTS) is 1. The molecule has 1 aromatic rings. The van der Waals surface area contributed by atoms with Crippen molar-refractivity contribution in [1.82, 2.24) is 0 Å². The van der Waals surface area contributed by atoms with Crippen LogP contribution in [0.15, 0.2) is 18.2 Å². The van der Waals surface area contributed by atoms with Crippen LogP contribution in [0, 0.1) is 0 Å². The maximum Gasteiger partial charge on any atom is 0.320 e. The smallest absolute Gasteiger partial charge is 0.320 e. The van der Waals surface area contributed by atoms with Gasteiger partial charge >= 0.3 is 5.97 Å². The number of hydrogen-bond donors (Lipinski definition) is 3. The van der Waals surface area contributed by atoms with Gasteiger partial charge in [-0.1, -0.05) is 11.6 Å². The zero-order chi connectivity index (χ0) is 15.0. The highest BCUT2D eigenvalue weighted by atomic mass is 35.5. The number of carbonyl (C=O) groups is 2. The van der Waals surface area contributed by atoms with Gasteiger partial charge in [0.15, 0.2) is 5.78 Å². The molecule has 0 amide bonds. The second-order valence-electron chi connectivity index (χ2n) is 3.00. The number of carbonyl (C=O) groups excluding carboxylic acids is 1. The molecule has 0 spiro atoms. The average molecular weight is 246 g/mol. The third kappa shape index (κ3) is 2.95. The Balaban J connectivity index is 3.22. The van der Waals surface area contributed by atoms with E-state index < -0.39 is 36.3 Å². The van der Waals surface area contributed by atoms with Crippen LogP contribution in [0.5, 0.6) is 0 Å². The van der Waals surface area contributed by atoms with Gasteiger partial charge in [0.05, 0.1) is 4.11 Å². The van der Waals surface area contributed by atoms with Crippen molar-refractivity contribution in [2.24, 2.45) is 5.73 Å². The number of ketones is 1. The molecule has 1 aromatic carbocycles. The summed E-state index contributed by atoms with van der Waals surface area (Å²) < 4.78 is 22.3. The van der Waals surface area contributed by atoms with Gasteiger partial charge in [-0.25, -0.2) is 0 Å². The third-order valence-electron chi connectivity index (χ3n) is 1.78. The summed E-state index contributed by atoms with van der Waals surface area (Å²) in [6.45, 7) is 0. The van der Waals surface area contributed by atoms with Crippen LogP contribution in [0.3, 0.4) is 0 Å². The molecule has 0 saturated carbocycles. The van der Waals surface area contributed by atoms with Gasteiger partial charge in [-0.2, -0.15) is 0 Å². The zero-order valence-corrected chi connectivity index (χ0v) is 8.84. The molecule has 0 aliphatic rings. The van der Waals surface area contributed by atoms with Crippen LogP contribution >= 0.6 is 11.6 Å². The number of rotatable bonds is 4. The fraction of sp³-hybridized carbons (Fsp3) is 0.200. The number of halogens is 1. The Kier molecular flexibility index (Phi) is 2.65. The number of nitrogens with two attached hydrogens (primary N) is 2. The number of aliphatic carboxylic acids is 1. The SMILES string of the molecule is [2H]c1c(Cl)cc(N)c(C(=O)CC([2H])(N)C(=O)O)c1[2H]. The lowest BCUT2D eigenvalue weighted by Gasteiger charge is -2.07. The summed E-state index contributed by atoms with van der Waals surface area (Å²) in [7, 11) is 0. The van der Waals surface area contributed by atoms with E-state index in [2.05, 4.69) is 0 Å². The normalized spacial score (nSPS) is 16.8. The lowest BCUT2D eigenvalue weighted by atomic mass is 10.0. The van der Waals surface area contributed by atoms with Crippen LogP contribution in [0.25, 0.3) is 0 Å². The first-order valence-electron chi connectivity index (χ1n) is 5.68. The second kappa shape index (κ2) is 4.96. The summed E-state index contributed by atoms with van der Waals surface area (Å²) >= 11 is 5.62. The molecule has 1 atom stereocenters. The van der Waals surface area contributed by atoms with E-state index in [1.165, 1.54) is 0 Å². The zero-order valence-electron chi connectivity index (χ0n) is 11.1. The Morgan fingerprint density at radius 3 is 2.81 bits per heavy atom. The topological polar surface area (TPSA) is 106 Å². The van der Waals surface area contributed by atoms with Crippen molar-refractivity contribution in [1.29, 1.82) is 0 Å². The highest BCUT2D eigenvalue weighted by Crippen LogP contribution is 2.19. The van der Waals surface area contributed by atoms with Crippen molar-refractivity contribution in [3.8, 4) is 0 Å². The van der Waals surface area contributed by atoms with Gasteiger partial charge in [0.25, 0.3) is 0 Å². The van der Waals surface area contributed by atoms with Crippen molar-refractivity contribution >= 4 is 29.0 Å². The molecule has 0 heterocycles. The molecule has 0 saturated heterocycles. The van der Waals surface area contributed by atoms with Crippen LogP contribution in [0.1, 0.15) is 20.9 Å². The van der Waals surface area contributed by atoms with Crippen molar-refractivity contribution in [3.05, 3.63) is 28.7 Å². The predicted octanol–water partition coefficient (Wildman–Crippen LogP) is 0.907. The van der Waals surface area contributed by atoms with E-state index in [0.29, 0.717) is 0 Å². The molecule has 0 aromatic heterocycles. The number of anilines is 1. The molecule has 5 nitrogen and oxygen atoms in total. The average Bonchev–Trinajstić information content (AvgIpc) is 2.25. The van der Waals surface area contributed by atoms with E-state index in [-0.39, 0.29) is 16.3 Å². The molecule has 0 aliphatic carbocycles. The first-order valence-corrected chi connectivity index (χ1v) is 4.56. The van der Waals surface area contributed by atoms with E-state index >= 15 is 0 Å². The highest BCUT2D eigenvalue weighted by Gasteiger charge is 2.18. The maximum absolute atomic E-state index is 11.9. The Morgan fingerprint density at radius 2 is 2.25 bits per heavy atom. The van der Waals surface area contributed by atoms with Gasteiger partial charge in [-0.15, -0.1) is 0 Å². The first kappa shape index (κ1) is 8.55. The molecule has 0 fully saturated rings. The molecule has 5 N–H and O–H groups in total. The second-order valence-corrected chi connectivity index (χ2v) is 3.41. The van der Waals surface area contributed by atoms with Gasteiger partial charge in [-0.05, 0) is 18.2 Å². The van der Waals surface area contributed by atoms with Crippen LogP contribution in [-0.2, 0) is 4.79 Å². The molecular weight excluding hydrogens is 232 g/mol. The number of hydrogen-bond acceptors (Lipinski definition) is 4. The number of Topliss-reactive ketones (excluding diaryl/α,β-unsaturated/α-hetero) is 1. The largest absolute Gasteiger partial charge is 0.480 e. The van der Waals surface area contributed by atoms with Gasteiger partial charge in [0, 0.05) is 22.7 Å².